The molecule has 2 rings (SSSR count). The molecule has 0 bridgehead atoms. The second kappa shape index (κ2) is 5.75. The molecule has 1 atom stereocenters. The molecule has 1 unspecified atom stereocenters. The molecule has 19 heavy (non-hydrogen) atoms. The van der Waals surface area contributed by atoms with Crippen LogP contribution in [-0.4, -0.2) is 11.7 Å². The summed E-state index contributed by atoms with van der Waals surface area (Å²) >= 11 is 0. The average Bonchev–Trinajstić information content (AvgIpc) is 2.38. The highest BCUT2D eigenvalue weighted by Crippen LogP contribution is 2.30. The summed E-state index contributed by atoms with van der Waals surface area (Å²) in [6.45, 7) is -2.99. The molecular weight excluding hydrogens is 257 g/mol. The first-order valence-electron chi connectivity index (χ1n) is 5.55. The van der Waals surface area contributed by atoms with Crippen molar-refractivity contribution >= 4 is 0 Å². The van der Waals surface area contributed by atoms with E-state index < -0.39 is 18.5 Å². The first kappa shape index (κ1) is 13.4. The summed E-state index contributed by atoms with van der Waals surface area (Å²) in [6, 6.07) is 11.2. The Hall–Kier alpha value is -2.01. The van der Waals surface area contributed by atoms with E-state index in [0.717, 1.165) is 6.07 Å². The number of hydrogen-bond acceptors (Lipinski definition) is 2. The molecule has 0 fully saturated rings. The molecule has 2 aromatic rings. The Labute approximate surface area is 108 Å². The lowest BCUT2D eigenvalue weighted by molar-refractivity contribution is -0.0512. The maximum absolute atomic E-state index is 13.1. The molecule has 5 heteroatoms. The number of aliphatic hydroxyl groups excluding tert-OH is 1. The molecule has 0 aliphatic heterocycles. The SMILES string of the molecule is OC(c1cccc(F)c1)c1ccccc1OC(F)F. The van der Waals surface area contributed by atoms with E-state index in [1.165, 1.54) is 36.4 Å². The van der Waals surface area contributed by atoms with E-state index in [0.29, 0.717) is 0 Å². The Bertz CT molecular complexity index is 558. The average molecular weight is 268 g/mol. The smallest absolute Gasteiger partial charge is 0.387 e. The molecule has 0 amide bonds. The molecule has 0 radical (unpaired) electrons. The van der Waals surface area contributed by atoms with Crippen molar-refractivity contribution in [2.24, 2.45) is 0 Å². The topological polar surface area (TPSA) is 29.5 Å². The van der Waals surface area contributed by atoms with Crippen LogP contribution in [0.3, 0.4) is 0 Å². The van der Waals surface area contributed by atoms with Gasteiger partial charge in [0.1, 0.15) is 17.7 Å². The maximum Gasteiger partial charge on any atom is 0.387 e. The fourth-order valence-corrected chi connectivity index (χ4v) is 1.77. The third kappa shape index (κ3) is 3.26. The largest absolute Gasteiger partial charge is 0.434 e. The van der Waals surface area contributed by atoms with E-state index in [9.17, 15) is 18.3 Å². The predicted molar refractivity (Wildman–Crippen MR) is 63.5 cm³/mol. The molecule has 0 aromatic heterocycles. The standard InChI is InChI=1S/C14H11F3O2/c15-10-5-3-4-9(8-10)13(18)11-6-1-2-7-12(11)19-14(16)17/h1-8,13-14,18H. The number of ether oxygens (including phenoxy) is 1. The van der Waals surface area contributed by atoms with Crippen LogP contribution in [0.15, 0.2) is 48.5 Å². The van der Waals surface area contributed by atoms with Crippen LogP contribution in [0, 0.1) is 5.82 Å². The second-order valence-corrected chi connectivity index (χ2v) is 3.87. The molecule has 0 saturated carbocycles. The first-order chi connectivity index (χ1) is 9.08. The van der Waals surface area contributed by atoms with Gasteiger partial charge in [-0.25, -0.2) is 4.39 Å². The molecule has 2 nitrogen and oxygen atoms in total. The fourth-order valence-electron chi connectivity index (χ4n) is 1.77. The van der Waals surface area contributed by atoms with Crippen molar-refractivity contribution in [3.05, 3.63) is 65.5 Å². The molecular formula is C14H11F3O2. The van der Waals surface area contributed by atoms with Gasteiger partial charge in [-0.2, -0.15) is 8.78 Å². The Morgan fingerprint density at radius 3 is 2.42 bits per heavy atom. The number of para-hydroxylation sites is 1. The highest BCUT2D eigenvalue weighted by Gasteiger charge is 2.17. The third-order valence-corrected chi connectivity index (χ3v) is 2.59. The molecule has 1 N–H and O–H groups in total. The Morgan fingerprint density at radius 2 is 1.74 bits per heavy atom. The number of hydrogen-bond donors (Lipinski definition) is 1. The Balaban J connectivity index is 2.35. The minimum absolute atomic E-state index is 0.130. The van der Waals surface area contributed by atoms with Crippen LogP contribution in [0.2, 0.25) is 0 Å². The summed E-state index contributed by atoms with van der Waals surface area (Å²) in [5.41, 5.74) is 0.429. The van der Waals surface area contributed by atoms with E-state index in [2.05, 4.69) is 4.74 Å². The number of halogens is 3. The zero-order valence-corrected chi connectivity index (χ0v) is 9.76. The van der Waals surface area contributed by atoms with Crippen LogP contribution in [0.4, 0.5) is 13.2 Å². The van der Waals surface area contributed by atoms with Gasteiger partial charge in [0, 0.05) is 5.56 Å². The van der Waals surface area contributed by atoms with Gasteiger partial charge in [0.25, 0.3) is 0 Å². The van der Waals surface area contributed by atoms with Gasteiger partial charge in [0.2, 0.25) is 0 Å². The summed E-state index contributed by atoms with van der Waals surface area (Å²) in [5, 5.41) is 10.1. The van der Waals surface area contributed by atoms with Crippen LogP contribution >= 0.6 is 0 Å². The van der Waals surface area contributed by atoms with Crippen LogP contribution in [0.25, 0.3) is 0 Å². The van der Waals surface area contributed by atoms with Crippen molar-refractivity contribution in [1.29, 1.82) is 0 Å². The quantitative estimate of drug-likeness (QED) is 0.919. The van der Waals surface area contributed by atoms with E-state index in [1.54, 1.807) is 6.07 Å². The summed E-state index contributed by atoms with van der Waals surface area (Å²) in [7, 11) is 0. The monoisotopic (exact) mass is 268 g/mol. The lowest BCUT2D eigenvalue weighted by Gasteiger charge is -2.16. The fraction of sp³-hybridized carbons (Fsp3) is 0.143. The van der Waals surface area contributed by atoms with Crippen molar-refractivity contribution in [2.75, 3.05) is 0 Å². The molecule has 0 heterocycles. The normalized spacial score (nSPS) is 12.5. The van der Waals surface area contributed by atoms with Crippen LogP contribution in [0.1, 0.15) is 17.2 Å². The van der Waals surface area contributed by atoms with E-state index >= 15 is 0 Å². The molecule has 100 valence electrons. The number of benzene rings is 2. The van der Waals surface area contributed by atoms with Gasteiger partial charge in [-0.05, 0) is 23.8 Å². The van der Waals surface area contributed by atoms with Crippen LogP contribution in [0.5, 0.6) is 5.75 Å². The molecule has 0 saturated heterocycles. The number of rotatable bonds is 4. The van der Waals surface area contributed by atoms with E-state index in [-0.39, 0.29) is 16.9 Å². The van der Waals surface area contributed by atoms with E-state index in [1.807, 2.05) is 0 Å². The summed E-state index contributed by atoms with van der Waals surface area (Å²) in [4.78, 5) is 0. The zero-order valence-electron chi connectivity index (χ0n) is 9.76. The number of aliphatic hydroxyl groups is 1. The summed E-state index contributed by atoms with van der Waals surface area (Å²) in [5.74, 6) is -0.641. The Morgan fingerprint density at radius 1 is 1.00 bits per heavy atom. The van der Waals surface area contributed by atoms with Gasteiger partial charge in [-0.1, -0.05) is 30.3 Å². The molecule has 0 aliphatic rings. The van der Waals surface area contributed by atoms with Crippen molar-refractivity contribution in [3.63, 3.8) is 0 Å². The maximum atomic E-state index is 13.1. The van der Waals surface area contributed by atoms with Crippen molar-refractivity contribution in [3.8, 4) is 5.75 Å². The summed E-state index contributed by atoms with van der Waals surface area (Å²) < 4.78 is 42.0. The predicted octanol–water partition coefficient (Wildman–Crippen LogP) is 3.51. The van der Waals surface area contributed by atoms with Crippen molar-refractivity contribution in [2.45, 2.75) is 12.7 Å². The lowest BCUT2D eigenvalue weighted by Crippen LogP contribution is -2.08. The van der Waals surface area contributed by atoms with Crippen LogP contribution in [-0.2, 0) is 0 Å². The van der Waals surface area contributed by atoms with Gasteiger partial charge in [-0.3, -0.25) is 0 Å². The van der Waals surface area contributed by atoms with Gasteiger partial charge in [0.15, 0.2) is 0 Å². The molecule has 0 spiro atoms. The first-order valence-corrected chi connectivity index (χ1v) is 5.55. The highest BCUT2D eigenvalue weighted by molar-refractivity contribution is 5.40. The highest BCUT2D eigenvalue weighted by atomic mass is 19.3. The molecule has 0 aliphatic carbocycles. The third-order valence-electron chi connectivity index (χ3n) is 2.59. The Kier molecular flexibility index (Phi) is 4.06. The van der Waals surface area contributed by atoms with Gasteiger partial charge in [0.05, 0.1) is 0 Å². The van der Waals surface area contributed by atoms with Gasteiger partial charge >= 0.3 is 6.61 Å². The second-order valence-electron chi connectivity index (χ2n) is 3.87. The van der Waals surface area contributed by atoms with Gasteiger partial charge < -0.3 is 9.84 Å². The van der Waals surface area contributed by atoms with Crippen molar-refractivity contribution in [1.82, 2.24) is 0 Å². The summed E-state index contributed by atoms with van der Waals surface area (Å²) in [6.07, 6.45) is -1.23. The van der Waals surface area contributed by atoms with Crippen molar-refractivity contribution < 1.29 is 23.0 Å². The minimum atomic E-state index is -2.99. The lowest BCUT2D eigenvalue weighted by atomic mass is 10.0. The zero-order chi connectivity index (χ0) is 13.8. The minimum Gasteiger partial charge on any atom is -0.434 e. The molecule has 2 aromatic carbocycles. The van der Waals surface area contributed by atoms with Gasteiger partial charge in [-0.15, -0.1) is 0 Å². The number of alkyl halides is 2. The van der Waals surface area contributed by atoms with E-state index in [4.69, 9.17) is 0 Å². The van der Waals surface area contributed by atoms with Crippen LogP contribution < -0.4 is 4.74 Å².